The van der Waals surface area contributed by atoms with E-state index in [4.69, 9.17) is 17.3 Å². The fourth-order valence-corrected chi connectivity index (χ4v) is 4.57. The first-order valence-corrected chi connectivity index (χ1v) is 7.77. The fraction of sp³-hybridized carbons (Fsp3) is 0.500. The maximum atomic E-state index is 12.6. The number of nitrogens with two attached hydrogens (primary N) is 1. The van der Waals surface area contributed by atoms with E-state index in [0.29, 0.717) is 18.1 Å². The SMILES string of the molecule is Cc1cccc(S(=O)(=O)N2CCCC2CN)c1Cl. The third-order valence-corrected chi connectivity index (χ3v) is 5.95. The Morgan fingerprint density at radius 1 is 1.50 bits per heavy atom. The molecule has 1 fully saturated rings. The zero-order valence-electron chi connectivity index (χ0n) is 10.3. The average Bonchev–Trinajstić information content (AvgIpc) is 2.81. The van der Waals surface area contributed by atoms with Crippen molar-refractivity contribution in [1.82, 2.24) is 4.31 Å². The summed E-state index contributed by atoms with van der Waals surface area (Å²) in [4.78, 5) is 0.185. The molecule has 2 N–H and O–H groups in total. The monoisotopic (exact) mass is 288 g/mol. The molecule has 100 valence electrons. The Kier molecular flexibility index (Phi) is 3.96. The van der Waals surface area contributed by atoms with E-state index in [1.807, 2.05) is 0 Å². The summed E-state index contributed by atoms with van der Waals surface area (Å²) in [7, 11) is -3.53. The number of nitrogens with zero attached hydrogens (tertiary/aromatic N) is 1. The maximum Gasteiger partial charge on any atom is 0.244 e. The second kappa shape index (κ2) is 5.17. The quantitative estimate of drug-likeness (QED) is 0.922. The van der Waals surface area contributed by atoms with E-state index in [-0.39, 0.29) is 10.9 Å². The summed E-state index contributed by atoms with van der Waals surface area (Å²) in [6.45, 7) is 2.67. The summed E-state index contributed by atoms with van der Waals surface area (Å²) in [6, 6.07) is 4.95. The Bertz CT molecular complexity index is 545. The Labute approximate surface area is 113 Å². The molecule has 1 aliphatic rings. The number of sulfonamides is 1. The highest BCUT2D eigenvalue weighted by Gasteiger charge is 2.35. The summed E-state index contributed by atoms with van der Waals surface area (Å²) in [5.41, 5.74) is 6.39. The van der Waals surface area contributed by atoms with Crippen LogP contribution < -0.4 is 5.73 Å². The number of halogens is 1. The molecule has 0 bridgehead atoms. The average molecular weight is 289 g/mol. The van der Waals surface area contributed by atoms with Crippen LogP contribution in [0.5, 0.6) is 0 Å². The molecule has 18 heavy (non-hydrogen) atoms. The van der Waals surface area contributed by atoms with Crippen molar-refractivity contribution in [1.29, 1.82) is 0 Å². The molecule has 0 radical (unpaired) electrons. The van der Waals surface area contributed by atoms with Crippen molar-refractivity contribution in [3.8, 4) is 0 Å². The zero-order chi connectivity index (χ0) is 13.3. The largest absolute Gasteiger partial charge is 0.329 e. The lowest BCUT2D eigenvalue weighted by molar-refractivity contribution is 0.393. The Morgan fingerprint density at radius 2 is 2.22 bits per heavy atom. The maximum absolute atomic E-state index is 12.6. The van der Waals surface area contributed by atoms with Crippen LogP contribution in [0.2, 0.25) is 5.02 Å². The molecular weight excluding hydrogens is 272 g/mol. The van der Waals surface area contributed by atoms with Crippen LogP contribution in [0.3, 0.4) is 0 Å². The van der Waals surface area contributed by atoms with E-state index in [9.17, 15) is 8.42 Å². The predicted octanol–water partition coefficient (Wildman–Crippen LogP) is 1.76. The molecule has 1 heterocycles. The fourth-order valence-electron chi connectivity index (χ4n) is 2.31. The van der Waals surface area contributed by atoms with Crippen LogP contribution in [0.1, 0.15) is 18.4 Å². The van der Waals surface area contributed by atoms with Gasteiger partial charge in [-0.25, -0.2) is 8.42 Å². The van der Waals surface area contributed by atoms with Crippen molar-refractivity contribution in [2.45, 2.75) is 30.7 Å². The van der Waals surface area contributed by atoms with Gasteiger partial charge in [-0.1, -0.05) is 23.7 Å². The van der Waals surface area contributed by atoms with Crippen molar-refractivity contribution < 1.29 is 8.42 Å². The summed E-state index contributed by atoms with van der Waals surface area (Å²) >= 11 is 6.11. The first-order valence-electron chi connectivity index (χ1n) is 5.95. The van der Waals surface area contributed by atoms with Crippen molar-refractivity contribution in [3.63, 3.8) is 0 Å². The number of hydrogen-bond acceptors (Lipinski definition) is 3. The van der Waals surface area contributed by atoms with E-state index in [1.165, 1.54) is 4.31 Å². The minimum Gasteiger partial charge on any atom is -0.329 e. The van der Waals surface area contributed by atoms with Gasteiger partial charge in [-0.3, -0.25) is 0 Å². The lowest BCUT2D eigenvalue weighted by Crippen LogP contribution is -2.39. The van der Waals surface area contributed by atoms with Gasteiger partial charge in [-0.2, -0.15) is 4.31 Å². The van der Waals surface area contributed by atoms with Crippen LogP contribution in [0, 0.1) is 6.92 Å². The predicted molar refractivity (Wildman–Crippen MR) is 72.2 cm³/mol. The molecule has 0 aliphatic carbocycles. The summed E-state index contributed by atoms with van der Waals surface area (Å²) < 4.78 is 26.6. The van der Waals surface area contributed by atoms with Crippen molar-refractivity contribution >= 4 is 21.6 Å². The Morgan fingerprint density at radius 3 is 2.89 bits per heavy atom. The minimum atomic E-state index is -3.53. The molecule has 1 saturated heterocycles. The summed E-state index contributed by atoms with van der Waals surface area (Å²) in [5.74, 6) is 0. The molecule has 0 spiro atoms. The minimum absolute atomic E-state index is 0.105. The Hall–Kier alpha value is -0.620. The topological polar surface area (TPSA) is 63.4 Å². The van der Waals surface area contributed by atoms with Crippen LogP contribution >= 0.6 is 11.6 Å². The molecule has 1 atom stereocenters. The van der Waals surface area contributed by atoms with Gasteiger partial charge in [0, 0.05) is 19.1 Å². The first-order chi connectivity index (χ1) is 8.48. The highest BCUT2D eigenvalue weighted by atomic mass is 35.5. The molecule has 0 saturated carbocycles. The van der Waals surface area contributed by atoms with E-state index in [0.717, 1.165) is 18.4 Å². The van der Waals surface area contributed by atoms with E-state index in [2.05, 4.69) is 0 Å². The van der Waals surface area contributed by atoms with Gasteiger partial charge in [0.1, 0.15) is 4.90 Å². The summed E-state index contributed by atoms with van der Waals surface area (Å²) in [5, 5.41) is 0.306. The van der Waals surface area contributed by atoms with Crippen LogP contribution in [0.4, 0.5) is 0 Å². The molecule has 1 aromatic carbocycles. The number of hydrogen-bond donors (Lipinski definition) is 1. The number of aryl methyl sites for hydroxylation is 1. The second-order valence-electron chi connectivity index (χ2n) is 4.53. The van der Waals surface area contributed by atoms with Gasteiger partial charge in [-0.15, -0.1) is 0 Å². The summed E-state index contributed by atoms with van der Waals surface area (Å²) in [6.07, 6.45) is 1.67. The zero-order valence-corrected chi connectivity index (χ0v) is 11.8. The molecule has 1 aromatic rings. The van der Waals surface area contributed by atoms with Crippen LogP contribution in [-0.2, 0) is 10.0 Å². The third-order valence-electron chi connectivity index (χ3n) is 3.34. The van der Waals surface area contributed by atoms with E-state index in [1.54, 1.807) is 25.1 Å². The lowest BCUT2D eigenvalue weighted by Gasteiger charge is -2.23. The van der Waals surface area contributed by atoms with Crippen molar-refractivity contribution in [3.05, 3.63) is 28.8 Å². The van der Waals surface area contributed by atoms with Crippen LogP contribution in [-0.4, -0.2) is 31.9 Å². The first kappa shape index (κ1) is 13.8. The van der Waals surface area contributed by atoms with Crippen molar-refractivity contribution in [2.24, 2.45) is 5.73 Å². The molecule has 0 amide bonds. The molecule has 0 aromatic heterocycles. The van der Waals surface area contributed by atoms with Gasteiger partial charge in [0.25, 0.3) is 0 Å². The van der Waals surface area contributed by atoms with E-state index < -0.39 is 10.0 Å². The highest BCUT2D eigenvalue weighted by molar-refractivity contribution is 7.89. The van der Waals surface area contributed by atoms with Crippen LogP contribution in [0.25, 0.3) is 0 Å². The molecule has 4 nitrogen and oxygen atoms in total. The molecule has 6 heteroatoms. The van der Waals surface area contributed by atoms with Gasteiger partial charge in [0.2, 0.25) is 10.0 Å². The van der Waals surface area contributed by atoms with Gasteiger partial charge in [0.05, 0.1) is 5.02 Å². The molecule has 1 aliphatic heterocycles. The Balaban J connectivity index is 2.45. The highest BCUT2D eigenvalue weighted by Crippen LogP contribution is 2.31. The number of benzene rings is 1. The molecule has 1 unspecified atom stereocenters. The smallest absolute Gasteiger partial charge is 0.244 e. The molecule has 2 rings (SSSR count). The van der Waals surface area contributed by atoms with Crippen molar-refractivity contribution in [2.75, 3.05) is 13.1 Å². The standard InChI is InChI=1S/C12H17ClN2O2S/c1-9-4-2-6-11(12(9)13)18(16,17)15-7-3-5-10(15)8-14/h2,4,6,10H,3,5,7-8,14H2,1H3. The van der Waals surface area contributed by atoms with E-state index >= 15 is 0 Å². The normalized spacial score (nSPS) is 21.4. The van der Waals surface area contributed by atoms with Gasteiger partial charge >= 0.3 is 0 Å². The van der Waals surface area contributed by atoms with Crippen LogP contribution in [0.15, 0.2) is 23.1 Å². The lowest BCUT2D eigenvalue weighted by atomic mass is 10.2. The second-order valence-corrected chi connectivity index (χ2v) is 6.77. The molecular formula is C12H17ClN2O2S. The van der Waals surface area contributed by atoms with Gasteiger partial charge < -0.3 is 5.73 Å². The van der Waals surface area contributed by atoms with Gasteiger partial charge in [-0.05, 0) is 31.4 Å². The third kappa shape index (κ3) is 2.28. The van der Waals surface area contributed by atoms with Gasteiger partial charge in [0.15, 0.2) is 0 Å². The number of rotatable bonds is 3.